The Bertz CT molecular complexity index is 738. The Morgan fingerprint density at radius 3 is 2.57 bits per heavy atom. The third-order valence-electron chi connectivity index (χ3n) is 3.33. The number of ketones is 1. The van der Waals surface area contributed by atoms with E-state index in [4.69, 9.17) is 0 Å². The zero-order valence-corrected chi connectivity index (χ0v) is 11.1. The maximum Gasteiger partial charge on any atom is 0.299 e. The number of fused-ring (bicyclic) bond motifs is 1. The standard InChI is InChI=1S/C17H12FNO2/c18-13-8-9-15-14(11-13)16(20)17(21)19(15)10-4-7-12-5-2-1-3-6-12/h1-9,11H,10H2/b7-4+. The Morgan fingerprint density at radius 2 is 1.81 bits per heavy atom. The SMILES string of the molecule is O=C1C(=O)N(C/C=C/c2ccccc2)c2ccc(F)cc21. The van der Waals surface area contributed by atoms with Crippen LogP contribution in [-0.4, -0.2) is 18.2 Å². The van der Waals surface area contributed by atoms with Crippen molar-refractivity contribution < 1.29 is 14.0 Å². The number of amides is 1. The topological polar surface area (TPSA) is 37.4 Å². The number of Topliss-reactive ketones (excluding diaryl/α,β-unsaturated/α-hetero) is 1. The van der Waals surface area contributed by atoms with E-state index in [1.54, 1.807) is 6.08 Å². The first kappa shape index (κ1) is 13.2. The van der Waals surface area contributed by atoms with Crippen molar-refractivity contribution in [3.63, 3.8) is 0 Å². The Labute approximate surface area is 121 Å². The number of carbonyl (C=O) groups is 2. The van der Waals surface area contributed by atoms with Gasteiger partial charge in [0.1, 0.15) is 5.82 Å². The molecular weight excluding hydrogens is 269 g/mol. The van der Waals surface area contributed by atoms with Gasteiger partial charge in [-0.15, -0.1) is 0 Å². The molecule has 1 heterocycles. The van der Waals surface area contributed by atoms with E-state index in [0.29, 0.717) is 5.69 Å². The highest BCUT2D eigenvalue weighted by Gasteiger charge is 2.35. The summed E-state index contributed by atoms with van der Waals surface area (Å²) in [5.74, 6) is -1.79. The van der Waals surface area contributed by atoms with Crippen LogP contribution in [0.2, 0.25) is 0 Å². The van der Waals surface area contributed by atoms with Crippen LogP contribution in [0, 0.1) is 5.82 Å². The van der Waals surface area contributed by atoms with Crippen LogP contribution in [0.4, 0.5) is 10.1 Å². The van der Waals surface area contributed by atoms with Crippen molar-refractivity contribution in [2.45, 2.75) is 0 Å². The summed E-state index contributed by atoms with van der Waals surface area (Å²) >= 11 is 0. The highest BCUT2D eigenvalue weighted by molar-refractivity contribution is 6.52. The Morgan fingerprint density at radius 1 is 1.05 bits per heavy atom. The summed E-state index contributed by atoms with van der Waals surface area (Å²) in [6, 6.07) is 13.5. The molecule has 3 rings (SSSR count). The van der Waals surface area contributed by atoms with Crippen LogP contribution in [0.25, 0.3) is 6.08 Å². The van der Waals surface area contributed by atoms with E-state index < -0.39 is 17.5 Å². The molecule has 0 atom stereocenters. The first-order chi connectivity index (χ1) is 10.2. The zero-order chi connectivity index (χ0) is 14.8. The molecule has 3 nitrogen and oxygen atoms in total. The van der Waals surface area contributed by atoms with Crippen LogP contribution >= 0.6 is 0 Å². The first-order valence-electron chi connectivity index (χ1n) is 6.54. The van der Waals surface area contributed by atoms with Crippen LogP contribution in [0.5, 0.6) is 0 Å². The predicted octanol–water partition coefficient (Wildman–Crippen LogP) is 3.07. The second-order valence-corrected chi connectivity index (χ2v) is 4.72. The lowest BCUT2D eigenvalue weighted by molar-refractivity contribution is -0.114. The lowest BCUT2D eigenvalue weighted by Crippen LogP contribution is -2.29. The molecule has 4 heteroatoms. The molecule has 0 N–H and O–H groups in total. The molecule has 0 unspecified atom stereocenters. The average molecular weight is 281 g/mol. The summed E-state index contributed by atoms with van der Waals surface area (Å²) in [7, 11) is 0. The summed E-state index contributed by atoms with van der Waals surface area (Å²) in [5, 5.41) is 0. The van der Waals surface area contributed by atoms with Crippen molar-refractivity contribution in [1.29, 1.82) is 0 Å². The summed E-state index contributed by atoms with van der Waals surface area (Å²) in [4.78, 5) is 25.1. The highest BCUT2D eigenvalue weighted by atomic mass is 19.1. The molecule has 0 spiro atoms. The van der Waals surface area contributed by atoms with Crippen LogP contribution in [0.1, 0.15) is 15.9 Å². The molecule has 1 aliphatic heterocycles. The monoisotopic (exact) mass is 281 g/mol. The van der Waals surface area contributed by atoms with Crippen LogP contribution in [0.15, 0.2) is 54.6 Å². The van der Waals surface area contributed by atoms with E-state index in [1.807, 2.05) is 36.4 Å². The fraction of sp³-hybridized carbons (Fsp3) is 0.0588. The molecular formula is C17H12FNO2. The van der Waals surface area contributed by atoms with Crippen LogP contribution in [0.3, 0.4) is 0 Å². The van der Waals surface area contributed by atoms with Gasteiger partial charge in [-0.3, -0.25) is 9.59 Å². The van der Waals surface area contributed by atoms with Crippen LogP contribution < -0.4 is 4.90 Å². The van der Waals surface area contributed by atoms with Crippen molar-refractivity contribution in [1.82, 2.24) is 0 Å². The minimum absolute atomic E-state index is 0.133. The molecule has 0 radical (unpaired) electrons. The number of anilines is 1. The number of nitrogens with zero attached hydrogens (tertiary/aromatic N) is 1. The van der Waals surface area contributed by atoms with E-state index in [-0.39, 0.29) is 12.1 Å². The van der Waals surface area contributed by atoms with Gasteiger partial charge >= 0.3 is 0 Å². The molecule has 0 saturated carbocycles. The van der Waals surface area contributed by atoms with E-state index >= 15 is 0 Å². The Hall–Kier alpha value is -2.75. The van der Waals surface area contributed by atoms with E-state index in [1.165, 1.54) is 17.0 Å². The number of hydrogen-bond acceptors (Lipinski definition) is 2. The van der Waals surface area contributed by atoms with Crippen LogP contribution in [-0.2, 0) is 4.79 Å². The third kappa shape index (κ3) is 2.48. The molecule has 2 aromatic carbocycles. The summed E-state index contributed by atoms with van der Waals surface area (Å²) in [6.45, 7) is 0.276. The van der Waals surface area contributed by atoms with Gasteiger partial charge < -0.3 is 4.90 Å². The van der Waals surface area contributed by atoms with Gasteiger partial charge in [-0.25, -0.2) is 4.39 Å². The Balaban J connectivity index is 1.82. The normalized spacial score (nSPS) is 14.0. The minimum Gasteiger partial charge on any atom is -0.301 e. The molecule has 0 saturated heterocycles. The van der Waals surface area contributed by atoms with Gasteiger partial charge in [0.05, 0.1) is 11.3 Å². The Kier molecular flexibility index (Phi) is 3.36. The molecule has 0 bridgehead atoms. The number of benzene rings is 2. The molecule has 0 aromatic heterocycles. The fourth-order valence-corrected chi connectivity index (χ4v) is 2.31. The maximum atomic E-state index is 13.2. The van der Waals surface area contributed by atoms with Gasteiger partial charge in [0.25, 0.3) is 11.7 Å². The smallest absolute Gasteiger partial charge is 0.299 e. The third-order valence-corrected chi connectivity index (χ3v) is 3.33. The summed E-state index contributed by atoms with van der Waals surface area (Å²) < 4.78 is 13.2. The summed E-state index contributed by atoms with van der Waals surface area (Å²) in [6.07, 6.45) is 3.68. The number of halogens is 1. The van der Waals surface area contributed by atoms with Gasteiger partial charge in [-0.05, 0) is 23.8 Å². The first-order valence-corrected chi connectivity index (χ1v) is 6.54. The van der Waals surface area contributed by atoms with Gasteiger partial charge in [0, 0.05) is 6.54 Å². The van der Waals surface area contributed by atoms with Gasteiger partial charge in [0.2, 0.25) is 0 Å². The molecule has 104 valence electrons. The molecule has 0 fully saturated rings. The van der Waals surface area contributed by atoms with Crippen molar-refractivity contribution in [3.05, 3.63) is 71.6 Å². The molecule has 1 aliphatic rings. The average Bonchev–Trinajstić information content (AvgIpc) is 2.73. The minimum atomic E-state index is -0.655. The number of rotatable bonds is 3. The van der Waals surface area contributed by atoms with E-state index in [0.717, 1.165) is 11.6 Å². The van der Waals surface area contributed by atoms with E-state index in [2.05, 4.69) is 0 Å². The largest absolute Gasteiger partial charge is 0.301 e. The van der Waals surface area contributed by atoms with Crippen molar-refractivity contribution in [2.75, 3.05) is 11.4 Å². The molecule has 0 aliphatic carbocycles. The lowest BCUT2D eigenvalue weighted by atomic mass is 10.1. The fourth-order valence-electron chi connectivity index (χ4n) is 2.31. The second-order valence-electron chi connectivity index (χ2n) is 4.72. The summed E-state index contributed by atoms with van der Waals surface area (Å²) in [5.41, 5.74) is 1.60. The number of hydrogen-bond donors (Lipinski definition) is 0. The number of carbonyl (C=O) groups excluding carboxylic acids is 2. The van der Waals surface area contributed by atoms with Crippen molar-refractivity contribution in [2.24, 2.45) is 0 Å². The lowest BCUT2D eigenvalue weighted by Gasteiger charge is -2.13. The zero-order valence-electron chi connectivity index (χ0n) is 11.1. The van der Waals surface area contributed by atoms with Crippen molar-refractivity contribution >= 4 is 23.5 Å². The molecule has 2 aromatic rings. The maximum absolute atomic E-state index is 13.2. The quantitative estimate of drug-likeness (QED) is 0.811. The highest BCUT2D eigenvalue weighted by Crippen LogP contribution is 2.29. The molecule has 1 amide bonds. The molecule has 21 heavy (non-hydrogen) atoms. The van der Waals surface area contributed by atoms with Gasteiger partial charge in [0.15, 0.2) is 0 Å². The van der Waals surface area contributed by atoms with Gasteiger partial charge in [-0.2, -0.15) is 0 Å². The van der Waals surface area contributed by atoms with E-state index in [9.17, 15) is 14.0 Å². The van der Waals surface area contributed by atoms with Gasteiger partial charge in [-0.1, -0.05) is 42.5 Å². The second kappa shape index (κ2) is 5.32. The van der Waals surface area contributed by atoms with Crippen molar-refractivity contribution in [3.8, 4) is 0 Å². The predicted molar refractivity (Wildman–Crippen MR) is 78.6 cm³/mol.